The van der Waals surface area contributed by atoms with Gasteiger partial charge in [-0.15, -0.1) is 0 Å². The van der Waals surface area contributed by atoms with Gasteiger partial charge in [-0.1, -0.05) is 22.4 Å². The average molecular weight is 234 g/mol. The van der Waals surface area contributed by atoms with Crippen LogP contribution in [0.5, 0.6) is 5.75 Å². The van der Waals surface area contributed by atoms with Crippen LogP contribution in [0.25, 0.3) is 0 Å². The highest BCUT2D eigenvalue weighted by molar-refractivity contribution is 5.28. The third-order valence-corrected chi connectivity index (χ3v) is 2.48. The summed E-state index contributed by atoms with van der Waals surface area (Å²) in [5, 5.41) is 16.8. The second-order valence-corrected chi connectivity index (χ2v) is 3.83. The van der Waals surface area contributed by atoms with E-state index in [4.69, 9.17) is 4.74 Å². The minimum absolute atomic E-state index is 0.323. The van der Waals surface area contributed by atoms with Crippen LogP contribution in [0.1, 0.15) is 30.0 Å². The second-order valence-electron chi connectivity index (χ2n) is 3.83. The number of hydrogen-bond donors (Lipinski definition) is 1. The number of aromatic nitrogens is 2. The number of aliphatic hydroxyl groups excluding tert-OH is 1. The van der Waals surface area contributed by atoms with E-state index in [0.29, 0.717) is 12.3 Å². The Morgan fingerprint density at radius 1 is 1.29 bits per heavy atom. The van der Waals surface area contributed by atoms with Gasteiger partial charge in [0.05, 0.1) is 6.10 Å². The van der Waals surface area contributed by atoms with Crippen molar-refractivity contribution in [3.05, 3.63) is 41.2 Å². The van der Waals surface area contributed by atoms with Gasteiger partial charge in [0.2, 0.25) is 0 Å². The van der Waals surface area contributed by atoms with Gasteiger partial charge in [0.1, 0.15) is 23.7 Å². The highest BCUT2D eigenvalue weighted by Crippen LogP contribution is 2.18. The molecule has 0 unspecified atom stereocenters. The SMILES string of the molecule is Cc1nonc1COc1ccc([C@H](C)O)cc1. The van der Waals surface area contributed by atoms with Gasteiger partial charge in [-0.25, -0.2) is 4.63 Å². The molecule has 1 atom stereocenters. The molecule has 2 aromatic rings. The Balaban J connectivity index is 1.98. The van der Waals surface area contributed by atoms with Crippen LogP contribution in [0.3, 0.4) is 0 Å². The number of rotatable bonds is 4. The van der Waals surface area contributed by atoms with E-state index in [1.54, 1.807) is 6.92 Å². The number of nitrogens with zero attached hydrogens (tertiary/aromatic N) is 2. The first-order valence-electron chi connectivity index (χ1n) is 5.35. The zero-order chi connectivity index (χ0) is 12.3. The van der Waals surface area contributed by atoms with Crippen LogP contribution in [-0.2, 0) is 6.61 Å². The monoisotopic (exact) mass is 234 g/mol. The topological polar surface area (TPSA) is 68.4 Å². The van der Waals surface area contributed by atoms with E-state index in [1.165, 1.54) is 0 Å². The molecule has 0 aliphatic rings. The molecule has 0 aliphatic heterocycles. The largest absolute Gasteiger partial charge is 0.487 e. The van der Waals surface area contributed by atoms with Crippen molar-refractivity contribution < 1.29 is 14.5 Å². The molecule has 0 saturated carbocycles. The Kier molecular flexibility index (Phi) is 3.39. The standard InChI is InChI=1S/C12H14N2O3/c1-8-12(14-17-13-8)7-16-11-5-3-10(4-6-11)9(2)15/h3-6,9,15H,7H2,1-2H3/t9-/m0/s1. The van der Waals surface area contributed by atoms with Crippen molar-refractivity contribution in [2.24, 2.45) is 0 Å². The molecule has 0 spiro atoms. The predicted octanol–water partition coefficient (Wildman–Crippen LogP) is 2.01. The van der Waals surface area contributed by atoms with Gasteiger partial charge in [0, 0.05) is 0 Å². The van der Waals surface area contributed by atoms with E-state index in [2.05, 4.69) is 14.9 Å². The summed E-state index contributed by atoms with van der Waals surface area (Å²) in [6.45, 7) is 3.86. The van der Waals surface area contributed by atoms with E-state index in [9.17, 15) is 5.11 Å². The lowest BCUT2D eigenvalue weighted by Gasteiger charge is -2.07. The molecule has 5 nitrogen and oxygen atoms in total. The van der Waals surface area contributed by atoms with Gasteiger partial charge in [-0.2, -0.15) is 0 Å². The van der Waals surface area contributed by atoms with Crippen LogP contribution in [0.15, 0.2) is 28.9 Å². The van der Waals surface area contributed by atoms with Crippen LogP contribution in [0.2, 0.25) is 0 Å². The van der Waals surface area contributed by atoms with Gasteiger partial charge < -0.3 is 9.84 Å². The summed E-state index contributed by atoms with van der Waals surface area (Å²) in [4.78, 5) is 0. The Morgan fingerprint density at radius 3 is 2.53 bits per heavy atom. The first-order chi connectivity index (χ1) is 8.16. The fourth-order valence-corrected chi connectivity index (χ4v) is 1.37. The zero-order valence-corrected chi connectivity index (χ0v) is 9.75. The van der Waals surface area contributed by atoms with E-state index in [1.807, 2.05) is 31.2 Å². The molecule has 0 saturated heterocycles. The first-order valence-corrected chi connectivity index (χ1v) is 5.35. The summed E-state index contributed by atoms with van der Waals surface area (Å²) in [6.07, 6.45) is -0.467. The smallest absolute Gasteiger partial charge is 0.145 e. The highest BCUT2D eigenvalue weighted by atomic mass is 16.6. The van der Waals surface area contributed by atoms with Crippen molar-refractivity contribution in [1.29, 1.82) is 0 Å². The molecule has 0 aliphatic carbocycles. The summed E-state index contributed by atoms with van der Waals surface area (Å²) < 4.78 is 10.1. The summed E-state index contributed by atoms with van der Waals surface area (Å²) in [6, 6.07) is 7.28. The maximum Gasteiger partial charge on any atom is 0.145 e. The fourth-order valence-electron chi connectivity index (χ4n) is 1.37. The summed E-state index contributed by atoms with van der Waals surface area (Å²) in [7, 11) is 0. The lowest BCUT2D eigenvalue weighted by molar-refractivity contribution is 0.199. The molecule has 0 fully saturated rings. The molecular formula is C12H14N2O3. The Morgan fingerprint density at radius 2 is 2.00 bits per heavy atom. The van der Waals surface area contributed by atoms with Crippen molar-refractivity contribution in [2.75, 3.05) is 0 Å². The molecular weight excluding hydrogens is 220 g/mol. The predicted molar refractivity (Wildman–Crippen MR) is 60.4 cm³/mol. The lowest BCUT2D eigenvalue weighted by atomic mass is 10.1. The molecule has 2 rings (SSSR count). The van der Waals surface area contributed by atoms with Crippen molar-refractivity contribution in [2.45, 2.75) is 26.6 Å². The van der Waals surface area contributed by atoms with E-state index in [-0.39, 0.29) is 0 Å². The molecule has 0 bridgehead atoms. The fraction of sp³-hybridized carbons (Fsp3) is 0.333. The van der Waals surface area contributed by atoms with Gasteiger partial charge in [0.25, 0.3) is 0 Å². The number of aryl methyl sites for hydroxylation is 1. The molecule has 1 N–H and O–H groups in total. The number of hydrogen-bond acceptors (Lipinski definition) is 5. The number of benzene rings is 1. The minimum atomic E-state index is -0.467. The van der Waals surface area contributed by atoms with Gasteiger partial charge in [-0.05, 0) is 31.5 Å². The van der Waals surface area contributed by atoms with Gasteiger partial charge >= 0.3 is 0 Å². The Bertz CT molecular complexity index is 477. The molecule has 0 amide bonds. The van der Waals surface area contributed by atoms with E-state index in [0.717, 1.165) is 17.0 Å². The van der Waals surface area contributed by atoms with Crippen molar-refractivity contribution in [1.82, 2.24) is 10.3 Å². The average Bonchev–Trinajstić information content (AvgIpc) is 2.73. The van der Waals surface area contributed by atoms with Crippen LogP contribution >= 0.6 is 0 Å². The molecule has 90 valence electrons. The highest BCUT2D eigenvalue weighted by Gasteiger charge is 2.06. The van der Waals surface area contributed by atoms with Crippen molar-refractivity contribution in [3.8, 4) is 5.75 Å². The van der Waals surface area contributed by atoms with Crippen molar-refractivity contribution in [3.63, 3.8) is 0 Å². The maximum atomic E-state index is 9.36. The number of ether oxygens (including phenoxy) is 1. The second kappa shape index (κ2) is 4.97. The zero-order valence-electron chi connectivity index (χ0n) is 9.75. The van der Waals surface area contributed by atoms with E-state index >= 15 is 0 Å². The molecule has 5 heteroatoms. The molecule has 17 heavy (non-hydrogen) atoms. The summed E-state index contributed by atoms with van der Waals surface area (Å²) in [5.74, 6) is 0.719. The van der Waals surface area contributed by atoms with E-state index < -0.39 is 6.10 Å². The molecule has 1 aromatic heterocycles. The van der Waals surface area contributed by atoms with Crippen LogP contribution in [0.4, 0.5) is 0 Å². The molecule has 1 aromatic carbocycles. The summed E-state index contributed by atoms with van der Waals surface area (Å²) in [5.41, 5.74) is 2.27. The lowest BCUT2D eigenvalue weighted by Crippen LogP contribution is -1.98. The quantitative estimate of drug-likeness (QED) is 0.876. The third-order valence-electron chi connectivity index (χ3n) is 2.48. The van der Waals surface area contributed by atoms with Crippen LogP contribution in [-0.4, -0.2) is 15.4 Å². The molecule has 0 radical (unpaired) electrons. The summed E-state index contributed by atoms with van der Waals surface area (Å²) >= 11 is 0. The van der Waals surface area contributed by atoms with Crippen LogP contribution in [0, 0.1) is 6.92 Å². The minimum Gasteiger partial charge on any atom is -0.487 e. The first kappa shape index (κ1) is 11.6. The number of aliphatic hydroxyl groups is 1. The van der Waals surface area contributed by atoms with Crippen molar-refractivity contribution >= 4 is 0 Å². The Hall–Kier alpha value is -1.88. The molecule has 1 heterocycles. The Labute approximate surface area is 99.0 Å². The third kappa shape index (κ3) is 2.82. The van der Waals surface area contributed by atoms with Crippen LogP contribution < -0.4 is 4.74 Å². The van der Waals surface area contributed by atoms with Gasteiger partial charge in [0.15, 0.2) is 0 Å². The maximum absolute atomic E-state index is 9.36. The van der Waals surface area contributed by atoms with Gasteiger partial charge in [-0.3, -0.25) is 0 Å². The normalized spacial score (nSPS) is 12.4.